The van der Waals surface area contributed by atoms with Crippen LogP contribution < -0.4 is 5.32 Å². The fourth-order valence-corrected chi connectivity index (χ4v) is 2.63. The lowest BCUT2D eigenvalue weighted by Gasteiger charge is -2.26. The number of amides is 2. The summed E-state index contributed by atoms with van der Waals surface area (Å²) in [5, 5.41) is 2.72. The molecule has 1 aromatic rings. The van der Waals surface area contributed by atoms with Gasteiger partial charge in [-0.15, -0.1) is 0 Å². The first-order valence-electron chi connectivity index (χ1n) is 5.25. The molecular weight excluding hydrogens is 263 g/mol. The van der Waals surface area contributed by atoms with E-state index in [1.807, 2.05) is 11.8 Å². The summed E-state index contributed by atoms with van der Waals surface area (Å²) >= 11 is 7.47. The molecule has 2 amide bonds. The van der Waals surface area contributed by atoms with Gasteiger partial charge in [0.2, 0.25) is 0 Å². The lowest BCUT2D eigenvalue weighted by Crippen LogP contribution is -2.40. The molecule has 0 saturated carbocycles. The van der Waals surface area contributed by atoms with Crippen LogP contribution in [0.4, 0.5) is 14.9 Å². The van der Waals surface area contributed by atoms with Gasteiger partial charge in [0.05, 0.1) is 5.02 Å². The van der Waals surface area contributed by atoms with Gasteiger partial charge in [-0.25, -0.2) is 9.18 Å². The number of anilines is 1. The van der Waals surface area contributed by atoms with Gasteiger partial charge in [-0.2, -0.15) is 11.8 Å². The number of urea groups is 1. The SMILES string of the molecule is O=C(Nc1ccc(F)c(Cl)c1)N1CCSCC1. The van der Waals surface area contributed by atoms with Crippen molar-refractivity contribution in [3.63, 3.8) is 0 Å². The Hall–Kier alpha value is -0.940. The second kappa shape index (κ2) is 5.60. The number of rotatable bonds is 1. The highest BCUT2D eigenvalue weighted by molar-refractivity contribution is 7.99. The molecule has 0 unspecified atom stereocenters. The molecule has 1 aromatic carbocycles. The van der Waals surface area contributed by atoms with Gasteiger partial charge in [0.15, 0.2) is 0 Å². The summed E-state index contributed by atoms with van der Waals surface area (Å²) < 4.78 is 12.9. The van der Waals surface area contributed by atoms with E-state index in [-0.39, 0.29) is 11.1 Å². The summed E-state index contributed by atoms with van der Waals surface area (Å²) in [4.78, 5) is 13.6. The van der Waals surface area contributed by atoms with Crippen LogP contribution in [0.1, 0.15) is 0 Å². The summed E-state index contributed by atoms with van der Waals surface area (Å²) in [6.45, 7) is 1.48. The van der Waals surface area contributed by atoms with E-state index in [2.05, 4.69) is 5.32 Å². The number of hydrogen-bond acceptors (Lipinski definition) is 2. The molecule has 1 fully saturated rings. The van der Waals surface area contributed by atoms with Gasteiger partial charge >= 0.3 is 6.03 Å². The van der Waals surface area contributed by atoms with E-state index in [1.54, 1.807) is 4.90 Å². The Balaban J connectivity index is 1.99. The van der Waals surface area contributed by atoms with Crippen LogP contribution in [0.5, 0.6) is 0 Å². The Morgan fingerprint density at radius 2 is 2.12 bits per heavy atom. The molecular formula is C11H12ClFN2OS. The molecule has 0 radical (unpaired) electrons. The molecule has 17 heavy (non-hydrogen) atoms. The second-order valence-electron chi connectivity index (χ2n) is 3.66. The van der Waals surface area contributed by atoms with E-state index in [9.17, 15) is 9.18 Å². The number of benzene rings is 1. The summed E-state index contributed by atoms with van der Waals surface area (Å²) in [7, 11) is 0. The van der Waals surface area contributed by atoms with Crippen LogP contribution in [0.2, 0.25) is 5.02 Å². The molecule has 1 aliphatic heterocycles. The zero-order valence-electron chi connectivity index (χ0n) is 9.08. The average Bonchev–Trinajstić information content (AvgIpc) is 2.35. The van der Waals surface area contributed by atoms with Gasteiger partial charge in [0.1, 0.15) is 5.82 Å². The molecule has 1 saturated heterocycles. The highest BCUT2D eigenvalue weighted by Gasteiger charge is 2.16. The molecule has 0 spiro atoms. The Morgan fingerprint density at radius 3 is 2.76 bits per heavy atom. The third-order valence-electron chi connectivity index (χ3n) is 2.47. The van der Waals surface area contributed by atoms with Crippen LogP contribution in [0.15, 0.2) is 18.2 Å². The minimum absolute atomic E-state index is 0.0111. The van der Waals surface area contributed by atoms with Crippen molar-refractivity contribution in [1.82, 2.24) is 4.90 Å². The van der Waals surface area contributed by atoms with Crippen LogP contribution in [0.3, 0.4) is 0 Å². The maximum atomic E-state index is 12.9. The number of nitrogens with zero attached hydrogens (tertiary/aromatic N) is 1. The van der Waals surface area contributed by atoms with Crippen molar-refractivity contribution in [2.75, 3.05) is 29.9 Å². The molecule has 0 aliphatic carbocycles. The number of carbonyl (C=O) groups is 1. The molecule has 3 nitrogen and oxygen atoms in total. The number of halogens is 2. The topological polar surface area (TPSA) is 32.3 Å². The van der Waals surface area contributed by atoms with Crippen LogP contribution >= 0.6 is 23.4 Å². The maximum Gasteiger partial charge on any atom is 0.321 e. The van der Waals surface area contributed by atoms with Crippen LogP contribution in [-0.2, 0) is 0 Å². The standard InChI is InChI=1S/C11H12ClFN2OS/c12-9-7-8(1-2-10(9)13)14-11(16)15-3-5-17-6-4-15/h1-2,7H,3-6H2,(H,14,16). The van der Waals surface area contributed by atoms with E-state index < -0.39 is 5.82 Å². The van der Waals surface area contributed by atoms with Gasteiger partial charge in [0, 0.05) is 30.3 Å². The fourth-order valence-electron chi connectivity index (χ4n) is 1.54. The van der Waals surface area contributed by atoms with Crippen LogP contribution in [-0.4, -0.2) is 35.5 Å². The van der Waals surface area contributed by atoms with Crippen molar-refractivity contribution in [1.29, 1.82) is 0 Å². The minimum atomic E-state index is -0.487. The first-order valence-corrected chi connectivity index (χ1v) is 6.79. The van der Waals surface area contributed by atoms with Crippen LogP contribution in [0, 0.1) is 5.82 Å². The lowest BCUT2D eigenvalue weighted by molar-refractivity contribution is 0.217. The average molecular weight is 275 g/mol. The highest BCUT2D eigenvalue weighted by Crippen LogP contribution is 2.20. The number of thioether (sulfide) groups is 1. The number of nitrogens with one attached hydrogen (secondary N) is 1. The Kier molecular flexibility index (Phi) is 4.12. The largest absolute Gasteiger partial charge is 0.323 e. The van der Waals surface area contributed by atoms with E-state index in [0.29, 0.717) is 5.69 Å². The molecule has 0 atom stereocenters. The van der Waals surface area contributed by atoms with Gasteiger partial charge in [-0.05, 0) is 18.2 Å². The molecule has 1 heterocycles. The highest BCUT2D eigenvalue weighted by atomic mass is 35.5. The molecule has 1 aliphatic rings. The van der Waals surface area contributed by atoms with Crippen molar-refractivity contribution >= 4 is 35.1 Å². The molecule has 92 valence electrons. The Morgan fingerprint density at radius 1 is 1.41 bits per heavy atom. The van der Waals surface area contributed by atoms with Crippen molar-refractivity contribution in [3.8, 4) is 0 Å². The van der Waals surface area contributed by atoms with Gasteiger partial charge < -0.3 is 10.2 Å². The third kappa shape index (κ3) is 3.26. The summed E-state index contributed by atoms with van der Waals surface area (Å²) in [5.41, 5.74) is 0.514. The Bertz CT molecular complexity index is 424. The summed E-state index contributed by atoms with van der Waals surface area (Å²) in [6.07, 6.45) is 0. The zero-order valence-corrected chi connectivity index (χ0v) is 10.7. The van der Waals surface area contributed by atoms with Crippen molar-refractivity contribution in [3.05, 3.63) is 29.0 Å². The first-order chi connectivity index (χ1) is 8.16. The monoisotopic (exact) mass is 274 g/mol. The van der Waals surface area contributed by atoms with E-state index >= 15 is 0 Å². The summed E-state index contributed by atoms with van der Waals surface area (Å²) in [5.74, 6) is 1.42. The van der Waals surface area contributed by atoms with Crippen molar-refractivity contribution in [2.24, 2.45) is 0 Å². The summed E-state index contributed by atoms with van der Waals surface area (Å²) in [6, 6.07) is 3.99. The smallest absolute Gasteiger partial charge is 0.321 e. The predicted molar refractivity (Wildman–Crippen MR) is 69.3 cm³/mol. The first kappa shape index (κ1) is 12.5. The predicted octanol–water partition coefficient (Wildman–Crippen LogP) is 3.06. The fraction of sp³-hybridized carbons (Fsp3) is 0.364. The van der Waals surface area contributed by atoms with Gasteiger partial charge in [0.25, 0.3) is 0 Å². The second-order valence-corrected chi connectivity index (χ2v) is 5.29. The van der Waals surface area contributed by atoms with Crippen molar-refractivity contribution < 1.29 is 9.18 Å². The zero-order chi connectivity index (χ0) is 12.3. The van der Waals surface area contributed by atoms with Crippen molar-refractivity contribution in [2.45, 2.75) is 0 Å². The van der Waals surface area contributed by atoms with Gasteiger partial charge in [-0.3, -0.25) is 0 Å². The number of hydrogen-bond donors (Lipinski definition) is 1. The van der Waals surface area contributed by atoms with E-state index in [0.717, 1.165) is 24.6 Å². The maximum absolute atomic E-state index is 12.9. The molecule has 1 N–H and O–H groups in total. The molecule has 2 rings (SSSR count). The normalized spacial score (nSPS) is 15.8. The van der Waals surface area contributed by atoms with E-state index in [1.165, 1.54) is 18.2 Å². The quantitative estimate of drug-likeness (QED) is 0.854. The van der Waals surface area contributed by atoms with Crippen LogP contribution in [0.25, 0.3) is 0 Å². The molecule has 6 heteroatoms. The third-order valence-corrected chi connectivity index (χ3v) is 3.70. The number of carbonyl (C=O) groups excluding carboxylic acids is 1. The minimum Gasteiger partial charge on any atom is -0.323 e. The molecule has 0 bridgehead atoms. The lowest BCUT2D eigenvalue weighted by atomic mass is 10.3. The van der Waals surface area contributed by atoms with E-state index in [4.69, 9.17) is 11.6 Å². The Labute approximate surface area is 108 Å². The molecule has 0 aromatic heterocycles. The van der Waals surface area contributed by atoms with Gasteiger partial charge in [-0.1, -0.05) is 11.6 Å².